The van der Waals surface area contributed by atoms with Crippen LogP contribution in [0.1, 0.15) is 20.8 Å². The highest BCUT2D eigenvalue weighted by Gasteiger charge is 2.32. The second-order valence-corrected chi connectivity index (χ2v) is 5.26. The van der Waals surface area contributed by atoms with E-state index in [1.54, 1.807) is 45.0 Å². The minimum Gasteiger partial charge on any atom is -0.481 e. The first-order chi connectivity index (χ1) is 9.26. The SMILES string of the molecule is COC(=O)C(C)(C)NC(=O)C(C)Oc1ccc(Cl)cc1. The average Bonchev–Trinajstić information content (AvgIpc) is 2.39. The molecule has 0 fully saturated rings. The topological polar surface area (TPSA) is 64.6 Å². The Morgan fingerprint density at radius 2 is 1.80 bits per heavy atom. The molecular formula is C14H18ClNO4. The van der Waals surface area contributed by atoms with Gasteiger partial charge in [-0.25, -0.2) is 4.79 Å². The molecule has 1 aromatic rings. The van der Waals surface area contributed by atoms with Crippen LogP contribution in [0.3, 0.4) is 0 Å². The maximum Gasteiger partial charge on any atom is 0.330 e. The number of benzene rings is 1. The quantitative estimate of drug-likeness (QED) is 0.846. The first kappa shape index (κ1) is 16.3. The van der Waals surface area contributed by atoms with Crippen LogP contribution in [0, 0.1) is 0 Å². The first-order valence-corrected chi connectivity index (χ1v) is 6.46. The van der Waals surface area contributed by atoms with E-state index in [1.165, 1.54) is 7.11 Å². The van der Waals surface area contributed by atoms with E-state index in [9.17, 15) is 9.59 Å². The third-order valence-corrected chi connectivity index (χ3v) is 2.88. The minimum atomic E-state index is -1.11. The van der Waals surface area contributed by atoms with Crippen molar-refractivity contribution in [2.24, 2.45) is 0 Å². The number of carbonyl (C=O) groups excluding carboxylic acids is 2. The lowest BCUT2D eigenvalue weighted by Crippen LogP contribution is -2.53. The molecule has 0 heterocycles. The van der Waals surface area contributed by atoms with Crippen molar-refractivity contribution >= 4 is 23.5 Å². The van der Waals surface area contributed by atoms with E-state index in [1.807, 2.05) is 0 Å². The Kier molecular flexibility index (Phi) is 5.39. The summed E-state index contributed by atoms with van der Waals surface area (Å²) in [4.78, 5) is 23.5. The molecule has 1 aromatic carbocycles. The number of methoxy groups -OCH3 is 1. The van der Waals surface area contributed by atoms with Gasteiger partial charge in [-0.05, 0) is 45.0 Å². The van der Waals surface area contributed by atoms with Crippen LogP contribution in [0.5, 0.6) is 5.75 Å². The second-order valence-electron chi connectivity index (χ2n) is 4.82. The lowest BCUT2D eigenvalue weighted by Gasteiger charge is -2.25. The van der Waals surface area contributed by atoms with Gasteiger partial charge in [0.2, 0.25) is 0 Å². The maximum atomic E-state index is 12.0. The lowest BCUT2D eigenvalue weighted by molar-refractivity contribution is -0.150. The Balaban J connectivity index is 2.63. The molecule has 0 radical (unpaired) electrons. The average molecular weight is 300 g/mol. The van der Waals surface area contributed by atoms with Crippen molar-refractivity contribution in [3.63, 3.8) is 0 Å². The van der Waals surface area contributed by atoms with Crippen molar-refractivity contribution in [3.8, 4) is 5.75 Å². The number of hydrogen-bond acceptors (Lipinski definition) is 4. The fourth-order valence-corrected chi connectivity index (χ4v) is 1.61. The zero-order valence-electron chi connectivity index (χ0n) is 11.9. The third-order valence-electron chi connectivity index (χ3n) is 2.63. The lowest BCUT2D eigenvalue weighted by atomic mass is 10.1. The van der Waals surface area contributed by atoms with E-state index in [2.05, 4.69) is 10.1 Å². The Bertz CT molecular complexity index is 484. The summed E-state index contributed by atoms with van der Waals surface area (Å²) in [6.45, 7) is 4.72. The van der Waals surface area contributed by atoms with Crippen LogP contribution in [0.25, 0.3) is 0 Å². The third kappa shape index (κ3) is 4.42. The van der Waals surface area contributed by atoms with Crippen LogP contribution in [0.15, 0.2) is 24.3 Å². The van der Waals surface area contributed by atoms with Crippen LogP contribution < -0.4 is 10.1 Å². The molecule has 20 heavy (non-hydrogen) atoms. The number of nitrogens with one attached hydrogen (secondary N) is 1. The summed E-state index contributed by atoms with van der Waals surface area (Å²) < 4.78 is 10.1. The van der Waals surface area contributed by atoms with Gasteiger partial charge in [0.05, 0.1) is 7.11 Å². The molecule has 0 spiro atoms. The van der Waals surface area contributed by atoms with Gasteiger partial charge in [0.25, 0.3) is 5.91 Å². The summed E-state index contributed by atoms with van der Waals surface area (Å²) in [5.74, 6) is -0.409. The number of halogens is 1. The highest BCUT2D eigenvalue weighted by atomic mass is 35.5. The predicted molar refractivity (Wildman–Crippen MR) is 75.8 cm³/mol. The molecule has 6 heteroatoms. The highest BCUT2D eigenvalue weighted by Crippen LogP contribution is 2.17. The van der Waals surface area contributed by atoms with Crippen molar-refractivity contribution in [2.45, 2.75) is 32.4 Å². The van der Waals surface area contributed by atoms with Crippen molar-refractivity contribution in [1.82, 2.24) is 5.32 Å². The van der Waals surface area contributed by atoms with Gasteiger partial charge in [-0.15, -0.1) is 0 Å². The van der Waals surface area contributed by atoms with Gasteiger partial charge in [-0.2, -0.15) is 0 Å². The van der Waals surface area contributed by atoms with Crippen molar-refractivity contribution in [2.75, 3.05) is 7.11 Å². The molecule has 1 amide bonds. The number of ether oxygens (including phenoxy) is 2. The predicted octanol–water partition coefficient (Wildman–Crippen LogP) is 2.18. The minimum absolute atomic E-state index is 0.407. The standard InChI is InChI=1S/C14H18ClNO4/c1-9(20-11-7-5-10(15)6-8-11)12(17)16-14(2,3)13(18)19-4/h5-9H,1-4H3,(H,16,17). The summed E-state index contributed by atoms with van der Waals surface area (Å²) in [5.41, 5.74) is -1.11. The molecule has 1 N–H and O–H groups in total. The molecule has 0 aliphatic carbocycles. The smallest absolute Gasteiger partial charge is 0.330 e. The van der Waals surface area contributed by atoms with Crippen molar-refractivity contribution in [1.29, 1.82) is 0 Å². The zero-order valence-corrected chi connectivity index (χ0v) is 12.7. The maximum absolute atomic E-state index is 12.0. The van der Waals surface area contributed by atoms with Gasteiger partial charge < -0.3 is 14.8 Å². The van der Waals surface area contributed by atoms with Gasteiger partial charge in [0, 0.05) is 5.02 Å². The van der Waals surface area contributed by atoms with E-state index >= 15 is 0 Å². The van der Waals surface area contributed by atoms with E-state index < -0.39 is 23.5 Å². The molecule has 0 aliphatic rings. The van der Waals surface area contributed by atoms with Gasteiger partial charge in [0.1, 0.15) is 11.3 Å². The molecule has 0 bridgehead atoms. The van der Waals surface area contributed by atoms with Crippen LogP contribution in [-0.4, -0.2) is 30.6 Å². The van der Waals surface area contributed by atoms with Gasteiger partial charge in [0.15, 0.2) is 6.10 Å². The van der Waals surface area contributed by atoms with E-state index in [0.717, 1.165) is 0 Å². The summed E-state index contributed by atoms with van der Waals surface area (Å²) in [7, 11) is 1.27. The van der Waals surface area contributed by atoms with Crippen molar-refractivity contribution in [3.05, 3.63) is 29.3 Å². The number of rotatable bonds is 5. The number of esters is 1. The molecule has 110 valence electrons. The second kappa shape index (κ2) is 6.61. The van der Waals surface area contributed by atoms with Crippen molar-refractivity contribution < 1.29 is 19.1 Å². The Morgan fingerprint density at radius 1 is 1.25 bits per heavy atom. The van der Waals surface area contributed by atoms with Gasteiger partial charge >= 0.3 is 5.97 Å². The van der Waals surface area contributed by atoms with Gasteiger partial charge in [-0.3, -0.25) is 4.79 Å². The van der Waals surface area contributed by atoms with Crippen LogP contribution in [-0.2, 0) is 14.3 Å². The summed E-state index contributed by atoms with van der Waals surface area (Å²) in [5, 5.41) is 3.16. The van der Waals surface area contributed by atoms with Crippen LogP contribution >= 0.6 is 11.6 Å². The summed E-state index contributed by atoms with van der Waals surface area (Å²) in [6.07, 6.45) is -0.750. The molecule has 0 aromatic heterocycles. The Labute approximate surface area is 123 Å². The van der Waals surface area contributed by atoms with Crippen LogP contribution in [0.4, 0.5) is 0 Å². The Morgan fingerprint density at radius 3 is 2.30 bits per heavy atom. The molecular weight excluding hydrogens is 282 g/mol. The fourth-order valence-electron chi connectivity index (χ4n) is 1.49. The number of amides is 1. The monoisotopic (exact) mass is 299 g/mol. The largest absolute Gasteiger partial charge is 0.481 e. The molecule has 1 unspecified atom stereocenters. The molecule has 0 saturated heterocycles. The molecule has 1 rings (SSSR count). The summed E-state index contributed by atoms with van der Waals surface area (Å²) in [6, 6.07) is 6.66. The number of carbonyl (C=O) groups is 2. The molecule has 0 aliphatic heterocycles. The number of hydrogen-bond donors (Lipinski definition) is 1. The van der Waals surface area contributed by atoms with E-state index in [-0.39, 0.29) is 0 Å². The normalized spacial score (nSPS) is 12.4. The molecule has 5 nitrogen and oxygen atoms in total. The molecule has 0 saturated carbocycles. The zero-order chi connectivity index (χ0) is 15.3. The summed E-state index contributed by atoms with van der Waals surface area (Å²) >= 11 is 5.76. The fraction of sp³-hybridized carbons (Fsp3) is 0.429. The highest BCUT2D eigenvalue weighted by molar-refractivity contribution is 6.30. The van der Waals surface area contributed by atoms with E-state index in [4.69, 9.17) is 16.3 Å². The molecule has 1 atom stereocenters. The Hall–Kier alpha value is -1.75. The van der Waals surface area contributed by atoms with E-state index in [0.29, 0.717) is 10.8 Å². The first-order valence-electron chi connectivity index (χ1n) is 6.09. The van der Waals surface area contributed by atoms with Crippen LogP contribution in [0.2, 0.25) is 5.02 Å². The van der Waals surface area contributed by atoms with Gasteiger partial charge in [-0.1, -0.05) is 11.6 Å².